The fourth-order valence-corrected chi connectivity index (χ4v) is 4.52. The molecule has 0 spiro atoms. The minimum atomic E-state index is -0.993. The van der Waals surface area contributed by atoms with E-state index in [-0.39, 0.29) is 58.9 Å². The van der Waals surface area contributed by atoms with Crippen molar-refractivity contribution < 1.29 is 49.6 Å². The smallest absolute Gasteiger partial charge is 0.147 e. The Morgan fingerprint density at radius 2 is 0.829 bits per heavy atom. The van der Waals surface area contributed by atoms with Crippen LogP contribution in [0.4, 0.5) is 0 Å². The third-order valence-electron chi connectivity index (χ3n) is 6.60. The third kappa shape index (κ3) is 16.9. The molecule has 0 unspecified atom stereocenters. The number of aliphatic hydroxyl groups excluding tert-OH is 6. The number of aliphatic hydroxyl groups is 6. The molecule has 0 aliphatic rings. The first-order valence-corrected chi connectivity index (χ1v) is 14.3. The zero-order valence-corrected chi connectivity index (χ0v) is 23.7. The first-order valence-electron chi connectivity index (χ1n) is 14.3. The van der Waals surface area contributed by atoms with Gasteiger partial charge in [0.25, 0.3) is 0 Å². The Bertz CT molecular complexity index is 800. The van der Waals surface area contributed by atoms with Crippen molar-refractivity contribution in [1.29, 1.82) is 0 Å². The van der Waals surface area contributed by atoms with Gasteiger partial charge >= 0.3 is 0 Å². The molecule has 2 rings (SSSR count). The quantitative estimate of drug-likeness (QED) is 0.0804. The normalized spacial score (nSPS) is 16.1. The average molecular weight is 581 g/mol. The summed E-state index contributed by atoms with van der Waals surface area (Å²) in [5, 5.41) is 60.4. The molecule has 6 N–H and O–H groups in total. The van der Waals surface area contributed by atoms with E-state index in [2.05, 4.69) is 0 Å². The molecule has 0 amide bonds. The molecular weight excluding hydrogens is 532 g/mol. The van der Waals surface area contributed by atoms with Crippen LogP contribution in [0, 0.1) is 0 Å². The molecule has 0 heterocycles. The van der Waals surface area contributed by atoms with Gasteiger partial charge in [-0.3, -0.25) is 0 Å². The fraction of sp³-hybridized carbons (Fsp3) is 0.613. The van der Waals surface area contributed by atoms with Crippen LogP contribution in [0.25, 0.3) is 0 Å². The number of hydrogen-bond donors (Lipinski definition) is 6. The Morgan fingerprint density at radius 1 is 0.488 bits per heavy atom. The van der Waals surface area contributed by atoms with E-state index in [1.54, 1.807) is 0 Å². The predicted octanol–water partition coefficient (Wildman–Crippen LogP) is 2.26. The van der Waals surface area contributed by atoms with Gasteiger partial charge in [-0.05, 0) is 56.1 Å². The second kappa shape index (κ2) is 21.7. The summed E-state index contributed by atoms with van der Waals surface area (Å²) in [7, 11) is 0. The lowest BCUT2D eigenvalue weighted by molar-refractivity contribution is -0.113. The maximum atomic E-state index is 10.5. The standard InChI is InChI=1S/C31H48O10/c32-13-11-30(40-22-38-20-24-7-3-1-4-8-24)18-28(36)16-26(34)15-27(35)17-29(37)19-31(12-14-33)41-23-39-21-25-9-5-2-6-10-25/h1-10,26-37H,11-23H2/t26-,27+,28-,29-,30-,31-/m1/s1. The molecule has 232 valence electrons. The van der Waals surface area contributed by atoms with Gasteiger partial charge in [0, 0.05) is 13.2 Å². The van der Waals surface area contributed by atoms with Crippen molar-refractivity contribution in [3.63, 3.8) is 0 Å². The molecule has 0 bridgehead atoms. The summed E-state index contributed by atoms with van der Waals surface area (Å²) >= 11 is 0. The zero-order chi connectivity index (χ0) is 29.7. The van der Waals surface area contributed by atoms with Crippen LogP contribution < -0.4 is 0 Å². The van der Waals surface area contributed by atoms with Gasteiger partial charge in [0.2, 0.25) is 0 Å². The third-order valence-corrected chi connectivity index (χ3v) is 6.60. The predicted molar refractivity (Wildman–Crippen MR) is 152 cm³/mol. The first kappa shape index (κ1) is 35.2. The highest BCUT2D eigenvalue weighted by molar-refractivity contribution is 5.14. The largest absolute Gasteiger partial charge is 0.396 e. The summed E-state index contributed by atoms with van der Waals surface area (Å²) in [4.78, 5) is 0. The van der Waals surface area contributed by atoms with Crippen LogP contribution in [0.5, 0.6) is 0 Å². The molecule has 0 fully saturated rings. The van der Waals surface area contributed by atoms with Crippen molar-refractivity contribution in [2.24, 2.45) is 0 Å². The molecule has 41 heavy (non-hydrogen) atoms. The van der Waals surface area contributed by atoms with E-state index < -0.39 is 36.6 Å². The van der Waals surface area contributed by atoms with Gasteiger partial charge in [-0.15, -0.1) is 0 Å². The highest BCUT2D eigenvalue weighted by atomic mass is 16.7. The van der Waals surface area contributed by atoms with Gasteiger partial charge in [0.05, 0.1) is 49.8 Å². The van der Waals surface area contributed by atoms with Gasteiger partial charge < -0.3 is 49.6 Å². The topological polar surface area (TPSA) is 158 Å². The van der Waals surface area contributed by atoms with Gasteiger partial charge in [-0.1, -0.05) is 60.7 Å². The summed E-state index contributed by atoms with van der Waals surface area (Å²) in [5.74, 6) is 0. The van der Waals surface area contributed by atoms with Crippen LogP contribution in [0.15, 0.2) is 60.7 Å². The minimum absolute atomic E-state index is 0.00553. The molecule has 0 aliphatic heterocycles. The molecule has 6 atom stereocenters. The van der Waals surface area contributed by atoms with Crippen molar-refractivity contribution >= 4 is 0 Å². The van der Waals surface area contributed by atoms with E-state index in [1.807, 2.05) is 60.7 Å². The summed E-state index contributed by atoms with van der Waals surface area (Å²) < 4.78 is 22.4. The average Bonchev–Trinajstić information content (AvgIpc) is 2.94. The Labute approximate surface area is 243 Å². The molecule has 0 aliphatic carbocycles. The Morgan fingerprint density at radius 3 is 1.17 bits per heavy atom. The maximum absolute atomic E-state index is 10.5. The van der Waals surface area contributed by atoms with Crippen molar-refractivity contribution in [1.82, 2.24) is 0 Å². The SMILES string of the molecule is OCC[C@H](C[C@H](O)C[C@H](O)C[C@H](O)C[C@@H](O)C[C@@H](CCO)OCOCc1ccccc1)OCOCc1ccccc1. The molecule has 0 saturated heterocycles. The Kier molecular flexibility index (Phi) is 18.7. The van der Waals surface area contributed by atoms with Crippen LogP contribution in [-0.2, 0) is 32.2 Å². The van der Waals surface area contributed by atoms with Crippen LogP contribution in [0.1, 0.15) is 56.1 Å². The van der Waals surface area contributed by atoms with E-state index in [9.17, 15) is 30.6 Å². The van der Waals surface area contributed by atoms with Crippen molar-refractivity contribution in [3.8, 4) is 0 Å². The Balaban J connectivity index is 1.64. The highest BCUT2D eigenvalue weighted by Crippen LogP contribution is 2.18. The van der Waals surface area contributed by atoms with Gasteiger partial charge in [0.1, 0.15) is 13.6 Å². The molecular formula is C31H48O10. The monoisotopic (exact) mass is 580 g/mol. The Hall–Kier alpha value is -1.96. The number of hydrogen-bond acceptors (Lipinski definition) is 10. The second-order valence-corrected chi connectivity index (χ2v) is 10.3. The van der Waals surface area contributed by atoms with Crippen LogP contribution in [0.3, 0.4) is 0 Å². The van der Waals surface area contributed by atoms with E-state index in [0.29, 0.717) is 26.1 Å². The van der Waals surface area contributed by atoms with Crippen molar-refractivity contribution in [2.75, 3.05) is 26.8 Å². The summed E-state index contributed by atoms with van der Waals surface area (Å²) in [6.45, 7) is 0.543. The fourth-order valence-electron chi connectivity index (χ4n) is 4.52. The van der Waals surface area contributed by atoms with Gasteiger partial charge in [-0.25, -0.2) is 0 Å². The van der Waals surface area contributed by atoms with Crippen molar-refractivity contribution in [3.05, 3.63) is 71.8 Å². The zero-order valence-electron chi connectivity index (χ0n) is 23.7. The molecule has 0 aromatic heterocycles. The maximum Gasteiger partial charge on any atom is 0.147 e. The minimum Gasteiger partial charge on any atom is -0.396 e. The lowest BCUT2D eigenvalue weighted by Crippen LogP contribution is -2.30. The molecule has 10 heteroatoms. The van der Waals surface area contributed by atoms with Crippen LogP contribution >= 0.6 is 0 Å². The number of benzene rings is 2. The first-order chi connectivity index (χ1) is 19.9. The summed E-state index contributed by atoms with van der Waals surface area (Å²) in [6, 6.07) is 19.3. The summed E-state index contributed by atoms with van der Waals surface area (Å²) in [6.07, 6.45) is -3.71. The molecule has 10 nitrogen and oxygen atoms in total. The van der Waals surface area contributed by atoms with E-state index >= 15 is 0 Å². The number of rotatable bonds is 24. The van der Waals surface area contributed by atoms with Gasteiger partial charge in [0.15, 0.2) is 0 Å². The molecule has 2 aromatic rings. The van der Waals surface area contributed by atoms with E-state index in [1.165, 1.54) is 0 Å². The van der Waals surface area contributed by atoms with Crippen molar-refractivity contribution in [2.45, 2.75) is 94.8 Å². The van der Waals surface area contributed by atoms with E-state index in [4.69, 9.17) is 18.9 Å². The second-order valence-electron chi connectivity index (χ2n) is 10.3. The lowest BCUT2D eigenvalue weighted by atomic mass is 9.96. The summed E-state index contributed by atoms with van der Waals surface area (Å²) in [5.41, 5.74) is 2.01. The molecule has 0 radical (unpaired) electrons. The van der Waals surface area contributed by atoms with E-state index in [0.717, 1.165) is 11.1 Å². The van der Waals surface area contributed by atoms with Gasteiger partial charge in [-0.2, -0.15) is 0 Å². The highest BCUT2D eigenvalue weighted by Gasteiger charge is 2.23. The lowest BCUT2D eigenvalue weighted by Gasteiger charge is -2.24. The van der Waals surface area contributed by atoms with Crippen LogP contribution in [-0.4, -0.2) is 94.1 Å². The number of ether oxygens (including phenoxy) is 4. The van der Waals surface area contributed by atoms with Crippen LogP contribution in [0.2, 0.25) is 0 Å². The molecule has 0 saturated carbocycles. The molecule has 2 aromatic carbocycles.